The largest absolute Gasteiger partial charge is 0.387 e. The van der Waals surface area contributed by atoms with E-state index in [9.17, 15) is 9.90 Å². The van der Waals surface area contributed by atoms with Crippen LogP contribution < -0.4 is 10.6 Å². The van der Waals surface area contributed by atoms with E-state index in [4.69, 9.17) is 0 Å². The first-order valence-electron chi connectivity index (χ1n) is 11.8. The van der Waals surface area contributed by atoms with E-state index in [0.717, 1.165) is 36.0 Å². The van der Waals surface area contributed by atoms with E-state index < -0.39 is 6.10 Å². The lowest BCUT2D eigenvalue weighted by molar-refractivity contribution is -0.115. The first-order chi connectivity index (χ1) is 17.1. The molecule has 1 saturated heterocycles. The summed E-state index contributed by atoms with van der Waals surface area (Å²) in [7, 11) is 0. The predicted molar refractivity (Wildman–Crippen MR) is 133 cm³/mol. The van der Waals surface area contributed by atoms with Gasteiger partial charge in [0, 0.05) is 23.8 Å². The Balaban J connectivity index is 1.11. The van der Waals surface area contributed by atoms with Crippen LogP contribution in [0.15, 0.2) is 79.0 Å². The van der Waals surface area contributed by atoms with Crippen molar-refractivity contribution in [2.75, 3.05) is 5.32 Å². The van der Waals surface area contributed by atoms with E-state index in [1.54, 1.807) is 6.20 Å². The molecule has 0 unspecified atom stereocenters. The van der Waals surface area contributed by atoms with Crippen molar-refractivity contribution in [3.63, 3.8) is 0 Å². The number of aliphatic hydroxyl groups excluding tert-OH is 1. The van der Waals surface area contributed by atoms with E-state index in [0.29, 0.717) is 17.5 Å². The summed E-state index contributed by atoms with van der Waals surface area (Å²) < 4.78 is 0. The first-order valence-corrected chi connectivity index (χ1v) is 11.8. The third-order valence-electron chi connectivity index (χ3n) is 6.26. The van der Waals surface area contributed by atoms with Gasteiger partial charge in [0.2, 0.25) is 5.91 Å². The maximum Gasteiger partial charge on any atom is 0.233 e. The zero-order chi connectivity index (χ0) is 24.0. The summed E-state index contributed by atoms with van der Waals surface area (Å²) in [5.41, 5.74) is 2.91. The highest BCUT2D eigenvalue weighted by Crippen LogP contribution is 2.26. The summed E-state index contributed by atoms with van der Waals surface area (Å²) in [6.07, 6.45) is 4.11. The average molecular weight is 469 g/mol. The molecule has 8 heteroatoms. The zero-order valence-corrected chi connectivity index (χ0v) is 19.3. The molecular weight excluding hydrogens is 440 g/mol. The fourth-order valence-corrected chi connectivity index (χ4v) is 4.48. The number of nitrogens with one attached hydrogen (secondary N) is 3. The lowest BCUT2D eigenvalue weighted by Gasteiger charge is -2.20. The number of pyridine rings is 1. The molecule has 1 amide bonds. The molecule has 178 valence electrons. The van der Waals surface area contributed by atoms with Crippen LogP contribution in [0.3, 0.4) is 0 Å². The summed E-state index contributed by atoms with van der Waals surface area (Å²) in [6, 6.07) is 23.5. The molecule has 0 saturated carbocycles. The van der Waals surface area contributed by atoms with E-state index in [-0.39, 0.29) is 24.4 Å². The second kappa shape index (κ2) is 10.6. The van der Waals surface area contributed by atoms with Gasteiger partial charge in [-0.2, -0.15) is 5.10 Å². The Kier molecular flexibility index (Phi) is 6.92. The molecule has 1 aliphatic heterocycles. The third kappa shape index (κ3) is 5.79. The van der Waals surface area contributed by atoms with Crippen LogP contribution >= 0.6 is 0 Å². The average Bonchev–Trinajstić information content (AvgIpc) is 3.56. The van der Waals surface area contributed by atoms with E-state index >= 15 is 0 Å². The van der Waals surface area contributed by atoms with Gasteiger partial charge in [-0.25, -0.2) is 9.97 Å². The maximum absolute atomic E-state index is 12.4. The van der Waals surface area contributed by atoms with Crippen LogP contribution in [0, 0.1) is 0 Å². The summed E-state index contributed by atoms with van der Waals surface area (Å²) in [5.74, 6) is 1.35. The molecule has 0 radical (unpaired) electrons. The number of carbonyl (C=O) groups is 1. The predicted octanol–water partition coefficient (Wildman–Crippen LogP) is 3.44. The van der Waals surface area contributed by atoms with Crippen molar-refractivity contribution in [2.24, 2.45) is 0 Å². The minimum absolute atomic E-state index is 0.0485. The number of anilines is 1. The van der Waals surface area contributed by atoms with Gasteiger partial charge >= 0.3 is 0 Å². The van der Waals surface area contributed by atoms with Crippen LogP contribution in [0.2, 0.25) is 0 Å². The Hall–Kier alpha value is -3.88. The third-order valence-corrected chi connectivity index (χ3v) is 6.26. The topological polar surface area (TPSA) is 116 Å². The Morgan fingerprint density at radius 2 is 1.80 bits per heavy atom. The van der Waals surface area contributed by atoms with Crippen molar-refractivity contribution >= 4 is 11.7 Å². The fraction of sp³-hybridized carbons (Fsp3) is 0.259. The molecule has 3 heterocycles. The van der Waals surface area contributed by atoms with Crippen LogP contribution in [-0.2, 0) is 17.6 Å². The molecule has 1 aliphatic rings. The lowest BCUT2D eigenvalue weighted by atomic mass is 10.0. The van der Waals surface area contributed by atoms with Gasteiger partial charge in [-0.15, -0.1) is 0 Å². The number of H-pyrrole nitrogens is 1. The number of aromatic nitrogens is 4. The highest BCUT2D eigenvalue weighted by molar-refractivity contribution is 5.90. The van der Waals surface area contributed by atoms with E-state index in [2.05, 4.69) is 30.8 Å². The highest BCUT2D eigenvalue weighted by atomic mass is 16.3. The summed E-state index contributed by atoms with van der Waals surface area (Å²) in [5, 5.41) is 24.1. The summed E-state index contributed by atoms with van der Waals surface area (Å²) >= 11 is 0. The zero-order valence-electron chi connectivity index (χ0n) is 19.3. The fourth-order valence-electron chi connectivity index (χ4n) is 4.48. The van der Waals surface area contributed by atoms with Crippen molar-refractivity contribution in [3.05, 3.63) is 95.9 Å². The summed E-state index contributed by atoms with van der Waals surface area (Å²) in [6.45, 7) is 0. The van der Waals surface area contributed by atoms with Gasteiger partial charge < -0.3 is 15.7 Å². The Bertz CT molecular complexity index is 1240. The normalized spacial score (nSPS) is 18.3. The molecule has 3 atom stereocenters. The molecule has 2 aromatic heterocycles. The standard InChI is InChI=1S/C27H28N6O2/c34-25(16-24-31-27(33-32-24)20-9-5-2-6-10-20)30-23-14-11-18(17-28-23)15-21-12-13-22(29-21)26(35)19-7-3-1-4-8-19/h1-11,14,17,21-22,26,29,35H,12-13,15-16H2,(H,28,30,34)(H,31,32,33)/t21-,22+,26+/m0/s1. The number of benzene rings is 2. The number of amides is 1. The second-order valence-electron chi connectivity index (χ2n) is 8.86. The number of carbonyl (C=O) groups excluding carboxylic acids is 1. The van der Waals surface area contributed by atoms with Gasteiger partial charge in [-0.1, -0.05) is 66.7 Å². The van der Waals surface area contributed by atoms with Gasteiger partial charge in [0.05, 0.1) is 12.5 Å². The molecule has 35 heavy (non-hydrogen) atoms. The Labute approximate surface area is 203 Å². The SMILES string of the molecule is O=C(Cc1nc(-c2ccccc2)n[nH]1)Nc1ccc(C[C@@H]2CC[C@H]([C@H](O)c3ccccc3)N2)cn1. The molecule has 1 fully saturated rings. The van der Waals surface area contributed by atoms with E-state index in [1.165, 1.54) is 0 Å². The van der Waals surface area contributed by atoms with Crippen LogP contribution in [0.25, 0.3) is 11.4 Å². The van der Waals surface area contributed by atoms with Crippen LogP contribution in [0.4, 0.5) is 5.82 Å². The smallest absolute Gasteiger partial charge is 0.233 e. The number of aliphatic hydroxyl groups is 1. The molecule has 0 aliphatic carbocycles. The molecular formula is C27H28N6O2. The molecule has 0 spiro atoms. The molecule has 4 N–H and O–H groups in total. The number of rotatable bonds is 8. The van der Waals surface area contributed by atoms with Gasteiger partial charge in [-0.3, -0.25) is 9.89 Å². The van der Waals surface area contributed by atoms with Crippen molar-refractivity contribution in [2.45, 2.75) is 43.9 Å². The Morgan fingerprint density at radius 3 is 2.54 bits per heavy atom. The van der Waals surface area contributed by atoms with Gasteiger partial charge in [0.25, 0.3) is 0 Å². The van der Waals surface area contributed by atoms with Crippen molar-refractivity contribution < 1.29 is 9.90 Å². The Morgan fingerprint density at radius 1 is 1.03 bits per heavy atom. The highest BCUT2D eigenvalue weighted by Gasteiger charge is 2.29. The molecule has 5 rings (SSSR count). The molecule has 4 aromatic rings. The van der Waals surface area contributed by atoms with Gasteiger partial charge in [-0.05, 0) is 36.5 Å². The van der Waals surface area contributed by atoms with Crippen molar-refractivity contribution in [1.29, 1.82) is 0 Å². The first kappa shape index (κ1) is 22.9. The van der Waals surface area contributed by atoms with Crippen LogP contribution in [-0.4, -0.2) is 43.3 Å². The van der Waals surface area contributed by atoms with Gasteiger partial charge in [0.15, 0.2) is 5.82 Å². The molecule has 2 aromatic carbocycles. The quantitative estimate of drug-likeness (QED) is 0.315. The number of aromatic amines is 1. The van der Waals surface area contributed by atoms with Crippen molar-refractivity contribution in [3.8, 4) is 11.4 Å². The minimum Gasteiger partial charge on any atom is -0.387 e. The number of hydrogen-bond acceptors (Lipinski definition) is 6. The van der Waals surface area contributed by atoms with Crippen molar-refractivity contribution in [1.82, 2.24) is 25.5 Å². The van der Waals surface area contributed by atoms with Gasteiger partial charge in [0.1, 0.15) is 11.6 Å². The van der Waals surface area contributed by atoms with E-state index in [1.807, 2.05) is 72.8 Å². The minimum atomic E-state index is -0.509. The maximum atomic E-state index is 12.4. The lowest BCUT2D eigenvalue weighted by Crippen LogP contribution is -2.35. The summed E-state index contributed by atoms with van der Waals surface area (Å²) in [4.78, 5) is 21.2. The molecule has 8 nitrogen and oxygen atoms in total. The van der Waals surface area contributed by atoms with Crippen LogP contribution in [0.5, 0.6) is 0 Å². The second-order valence-corrected chi connectivity index (χ2v) is 8.86. The number of hydrogen-bond donors (Lipinski definition) is 4. The monoisotopic (exact) mass is 468 g/mol. The number of nitrogens with zero attached hydrogens (tertiary/aromatic N) is 3. The molecule has 0 bridgehead atoms. The van der Waals surface area contributed by atoms with Crippen LogP contribution in [0.1, 0.15) is 35.9 Å².